The summed E-state index contributed by atoms with van der Waals surface area (Å²) < 4.78 is 5.49. The van der Waals surface area contributed by atoms with Crippen molar-refractivity contribution in [1.29, 1.82) is 0 Å². The average molecular weight is 239 g/mol. The summed E-state index contributed by atoms with van der Waals surface area (Å²) in [6.45, 7) is 0. The minimum absolute atomic E-state index is 0.252. The number of nitrogens with zero attached hydrogens (tertiary/aromatic N) is 1. The molecule has 2 aromatic heterocycles. The summed E-state index contributed by atoms with van der Waals surface area (Å²) in [5.74, 6) is -0.286. The summed E-state index contributed by atoms with van der Waals surface area (Å²) in [6.07, 6.45) is 3.34. The third-order valence-corrected chi connectivity index (χ3v) is 2.75. The maximum Gasteiger partial charge on any atom is 0.335 e. The second kappa shape index (κ2) is 4.00. The topological polar surface area (TPSA) is 63.3 Å². The number of carboxylic acid groups (broad SMARTS) is 1. The van der Waals surface area contributed by atoms with E-state index in [0.29, 0.717) is 5.76 Å². The Morgan fingerprint density at radius 3 is 2.67 bits per heavy atom. The van der Waals surface area contributed by atoms with Crippen LogP contribution < -0.4 is 0 Å². The Morgan fingerprint density at radius 2 is 1.94 bits per heavy atom. The predicted molar refractivity (Wildman–Crippen MR) is 66.4 cm³/mol. The molecule has 0 aliphatic rings. The summed E-state index contributed by atoms with van der Waals surface area (Å²) in [5, 5.41) is 9.77. The zero-order valence-corrected chi connectivity index (χ0v) is 9.33. The highest BCUT2D eigenvalue weighted by atomic mass is 16.4. The fourth-order valence-corrected chi connectivity index (χ4v) is 1.85. The van der Waals surface area contributed by atoms with Gasteiger partial charge in [0.1, 0.15) is 11.8 Å². The molecule has 0 saturated carbocycles. The standard InChI is InChI=1S/C14H9NO3/c16-14(17)10-5-3-9(4-6-10)13-12-11(8-18-13)2-1-7-15-12/h1-8H,(H,16,17). The molecule has 0 spiro atoms. The molecule has 0 fully saturated rings. The highest BCUT2D eigenvalue weighted by Gasteiger charge is 2.10. The molecule has 88 valence electrons. The third-order valence-electron chi connectivity index (χ3n) is 2.75. The Balaban J connectivity index is 2.12. The van der Waals surface area contributed by atoms with Crippen LogP contribution in [0.1, 0.15) is 10.4 Å². The second-order valence-electron chi connectivity index (χ2n) is 3.89. The van der Waals surface area contributed by atoms with E-state index in [4.69, 9.17) is 9.52 Å². The lowest BCUT2D eigenvalue weighted by atomic mass is 10.1. The zero-order chi connectivity index (χ0) is 12.5. The highest BCUT2D eigenvalue weighted by Crippen LogP contribution is 2.28. The number of hydrogen-bond donors (Lipinski definition) is 1. The number of rotatable bonds is 2. The van der Waals surface area contributed by atoms with Crippen LogP contribution in [-0.4, -0.2) is 16.1 Å². The van der Waals surface area contributed by atoms with Crippen LogP contribution in [0.5, 0.6) is 0 Å². The van der Waals surface area contributed by atoms with Gasteiger partial charge in [-0.25, -0.2) is 4.79 Å². The molecule has 0 amide bonds. The van der Waals surface area contributed by atoms with Crippen LogP contribution >= 0.6 is 0 Å². The number of aromatic carboxylic acids is 1. The minimum atomic E-state index is -0.941. The van der Waals surface area contributed by atoms with Crippen LogP contribution in [0.2, 0.25) is 0 Å². The van der Waals surface area contributed by atoms with E-state index in [9.17, 15) is 4.79 Å². The second-order valence-corrected chi connectivity index (χ2v) is 3.89. The predicted octanol–water partition coefficient (Wildman–Crippen LogP) is 3.19. The first-order chi connectivity index (χ1) is 8.75. The van der Waals surface area contributed by atoms with E-state index >= 15 is 0 Å². The lowest BCUT2D eigenvalue weighted by Crippen LogP contribution is -1.94. The molecule has 0 aliphatic heterocycles. The molecule has 0 radical (unpaired) electrons. The first-order valence-electron chi connectivity index (χ1n) is 5.41. The normalized spacial score (nSPS) is 10.7. The summed E-state index contributed by atoms with van der Waals surface area (Å²) in [7, 11) is 0. The van der Waals surface area contributed by atoms with Gasteiger partial charge in [0.05, 0.1) is 5.56 Å². The third kappa shape index (κ3) is 1.64. The number of aromatic nitrogens is 1. The SMILES string of the molecule is O=C(O)c1ccc(-c2occ3cccnc23)cc1. The van der Waals surface area contributed by atoms with Gasteiger partial charge in [-0.2, -0.15) is 0 Å². The zero-order valence-electron chi connectivity index (χ0n) is 9.33. The van der Waals surface area contributed by atoms with E-state index in [1.807, 2.05) is 12.1 Å². The number of fused-ring (bicyclic) bond motifs is 1. The summed E-state index contributed by atoms with van der Waals surface area (Å²) in [4.78, 5) is 15.0. The molecule has 18 heavy (non-hydrogen) atoms. The van der Waals surface area contributed by atoms with Crippen molar-refractivity contribution in [2.75, 3.05) is 0 Å². The van der Waals surface area contributed by atoms with E-state index < -0.39 is 5.97 Å². The van der Waals surface area contributed by atoms with Gasteiger partial charge in [-0.05, 0) is 24.3 Å². The molecule has 4 heteroatoms. The largest absolute Gasteiger partial charge is 0.478 e. The van der Waals surface area contributed by atoms with E-state index in [2.05, 4.69) is 4.98 Å². The number of carbonyl (C=O) groups is 1. The van der Waals surface area contributed by atoms with Gasteiger partial charge in [-0.3, -0.25) is 4.98 Å². The van der Waals surface area contributed by atoms with E-state index in [0.717, 1.165) is 16.5 Å². The van der Waals surface area contributed by atoms with Crippen LogP contribution in [0.4, 0.5) is 0 Å². The van der Waals surface area contributed by atoms with Crippen LogP contribution in [0.15, 0.2) is 53.3 Å². The summed E-state index contributed by atoms with van der Waals surface area (Å²) in [5.41, 5.74) is 1.84. The van der Waals surface area contributed by atoms with E-state index in [1.165, 1.54) is 0 Å². The Labute approximate surface area is 103 Å². The smallest absolute Gasteiger partial charge is 0.335 e. The first-order valence-corrected chi connectivity index (χ1v) is 5.41. The van der Waals surface area contributed by atoms with Crippen LogP contribution in [-0.2, 0) is 0 Å². The van der Waals surface area contributed by atoms with Gasteiger partial charge in [0.25, 0.3) is 0 Å². The highest BCUT2D eigenvalue weighted by molar-refractivity contribution is 5.92. The van der Waals surface area contributed by atoms with Gasteiger partial charge in [0.15, 0.2) is 5.76 Å². The molecular weight excluding hydrogens is 230 g/mol. The molecule has 0 unspecified atom stereocenters. The molecule has 1 N–H and O–H groups in total. The van der Waals surface area contributed by atoms with Crippen molar-refractivity contribution < 1.29 is 14.3 Å². The van der Waals surface area contributed by atoms with Crippen molar-refractivity contribution >= 4 is 16.9 Å². The maximum absolute atomic E-state index is 10.8. The van der Waals surface area contributed by atoms with E-state index in [1.54, 1.807) is 36.7 Å². The fraction of sp³-hybridized carbons (Fsp3) is 0. The van der Waals surface area contributed by atoms with Gasteiger partial charge in [0.2, 0.25) is 0 Å². The summed E-state index contributed by atoms with van der Waals surface area (Å²) >= 11 is 0. The number of carboxylic acids is 1. The lowest BCUT2D eigenvalue weighted by molar-refractivity contribution is 0.0697. The van der Waals surface area contributed by atoms with Gasteiger partial charge in [-0.1, -0.05) is 12.1 Å². The van der Waals surface area contributed by atoms with Gasteiger partial charge in [-0.15, -0.1) is 0 Å². The molecule has 0 saturated heterocycles. The molecule has 4 nitrogen and oxygen atoms in total. The van der Waals surface area contributed by atoms with Crippen molar-refractivity contribution in [3.8, 4) is 11.3 Å². The number of pyridine rings is 1. The Kier molecular flexibility index (Phi) is 2.34. The van der Waals surface area contributed by atoms with Crippen LogP contribution in [0, 0.1) is 0 Å². The Bertz CT molecular complexity index is 713. The first kappa shape index (κ1) is 10.5. The molecule has 0 bridgehead atoms. The van der Waals surface area contributed by atoms with Crippen molar-refractivity contribution in [3.05, 3.63) is 54.4 Å². The van der Waals surface area contributed by atoms with Crippen molar-refractivity contribution in [2.45, 2.75) is 0 Å². The monoisotopic (exact) mass is 239 g/mol. The molecule has 0 aliphatic carbocycles. The number of hydrogen-bond acceptors (Lipinski definition) is 3. The lowest BCUT2D eigenvalue weighted by Gasteiger charge is -1.98. The van der Waals surface area contributed by atoms with Crippen LogP contribution in [0.3, 0.4) is 0 Å². The molecular formula is C14H9NO3. The molecule has 1 aromatic carbocycles. The number of benzene rings is 1. The van der Waals surface area contributed by atoms with Gasteiger partial charge >= 0.3 is 5.97 Å². The fourth-order valence-electron chi connectivity index (χ4n) is 1.85. The summed E-state index contributed by atoms with van der Waals surface area (Å²) in [6, 6.07) is 10.3. The van der Waals surface area contributed by atoms with E-state index in [-0.39, 0.29) is 5.56 Å². The van der Waals surface area contributed by atoms with Crippen molar-refractivity contribution in [3.63, 3.8) is 0 Å². The maximum atomic E-state index is 10.8. The van der Waals surface area contributed by atoms with Gasteiger partial charge in [0, 0.05) is 17.1 Å². The quantitative estimate of drug-likeness (QED) is 0.745. The van der Waals surface area contributed by atoms with Crippen molar-refractivity contribution in [1.82, 2.24) is 4.98 Å². The van der Waals surface area contributed by atoms with Crippen molar-refractivity contribution in [2.24, 2.45) is 0 Å². The Morgan fingerprint density at radius 1 is 1.17 bits per heavy atom. The van der Waals surface area contributed by atoms with Gasteiger partial charge < -0.3 is 9.52 Å². The van der Waals surface area contributed by atoms with Crippen LogP contribution in [0.25, 0.3) is 22.2 Å². The molecule has 3 rings (SSSR count). The average Bonchev–Trinajstić information content (AvgIpc) is 2.82. The number of furan rings is 1. The minimum Gasteiger partial charge on any atom is -0.478 e. The molecule has 3 aromatic rings. The molecule has 2 heterocycles. The molecule has 0 atom stereocenters. The Hall–Kier alpha value is -2.62.